The molecule has 2 saturated carbocycles. The van der Waals surface area contributed by atoms with Gasteiger partial charge in [-0.2, -0.15) is 0 Å². The van der Waals surface area contributed by atoms with Crippen molar-refractivity contribution in [1.29, 1.82) is 0 Å². The number of nitrogens with one attached hydrogen (secondary N) is 1. The lowest BCUT2D eigenvalue weighted by molar-refractivity contribution is -0.143. The Kier molecular flexibility index (Phi) is 6.52. The van der Waals surface area contributed by atoms with Crippen molar-refractivity contribution in [3.05, 3.63) is 0 Å². The van der Waals surface area contributed by atoms with Crippen LogP contribution >= 0.6 is 0 Å². The zero-order valence-electron chi connectivity index (χ0n) is 13.0. The van der Waals surface area contributed by atoms with E-state index in [0.29, 0.717) is 12.3 Å². The molecule has 0 saturated heterocycles. The average molecular weight is 295 g/mol. The third-order valence-electron chi connectivity index (χ3n) is 5.29. The van der Waals surface area contributed by atoms with Crippen molar-refractivity contribution >= 4 is 11.9 Å². The molecule has 0 radical (unpaired) electrons. The number of carbonyl (C=O) groups is 2. The number of hydrogen-bond acceptors (Lipinski definition) is 2. The minimum atomic E-state index is -0.662. The molecule has 2 aliphatic carbocycles. The monoisotopic (exact) mass is 295 g/mol. The molecule has 2 fully saturated rings. The standard InChI is InChI=1S/C17H29NO3/c19-16(11-8-13-4-2-1-3-5-13)18-12-14-6-9-15(10-7-14)17(20)21/h13-15H,1-12H2,(H,18,19)(H,20,21). The molecule has 0 heterocycles. The molecule has 0 aliphatic heterocycles. The second-order valence-electron chi connectivity index (χ2n) is 6.90. The maximum atomic E-state index is 11.9. The van der Waals surface area contributed by atoms with Crippen LogP contribution in [-0.2, 0) is 9.59 Å². The second-order valence-corrected chi connectivity index (χ2v) is 6.90. The summed E-state index contributed by atoms with van der Waals surface area (Å²) < 4.78 is 0. The van der Waals surface area contributed by atoms with Gasteiger partial charge in [-0.1, -0.05) is 32.1 Å². The Morgan fingerprint density at radius 2 is 1.57 bits per heavy atom. The van der Waals surface area contributed by atoms with Crippen LogP contribution in [0.15, 0.2) is 0 Å². The zero-order valence-corrected chi connectivity index (χ0v) is 13.0. The highest BCUT2D eigenvalue weighted by Gasteiger charge is 2.26. The van der Waals surface area contributed by atoms with Crippen molar-refractivity contribution < 1.29 is 14.7 Å². The average Bonchev–Trinajstić information content (AvgIpc) is 2.52. The van der Waals surface area contributed by atoms with Gasteiger partial charge in [0.25, 0.3) is 0 Å². The van der Waals surface area contributed by atoms with Gasteiger partial charge in [0, 0.05) is 13.0 Å². The maximum absolute atomic E-state index is 11.9. The summed E-state index contributed by atoms with van der Waals surface area (Å²) in [6.45, 7) is 0.732. The van der Waals surface area contributed by atoms with Gasteiger partial charge >= 0.3 is 5.97 Å². The van der Waals surface area contributed by atoms with E-state index in [4.69, 9.17) is 5.11 Å². The smallest absolute Gasteiger partial charge is 0.306 e. The summed E-state index contributed by atoms with van der Waals surface area (Å²) in [5.41, 5.74) is 0. The fraction of sp³-hybridized carbons (Fsp3) is 0.882. The molecule has 0 aromatic rings. The van der Waals surface area contributed by atoms with E-state index < -0.39 is 5.97 Å². The fourth-order valence-electron chi connectivity index (χ4n) is 3.77. The lowest BCUT2D eigenvalue weighted by atomic mass is 9.82. The van der Waals surface area contributed by atoms with E-state index in [0.717, 1.165) is 44.6 Å². The van der Waals surface area contributed by atoms with Crippen LogP contribution < -0.4 is 5.32 Å². The summed E-state index contributed by atoms with van der Waals surface area (Å²) in [4.78, 5) is 22.8. The molecule has 1 amide bonds. The Bertz CT molecular complexity index is 342. The summed E-state index contributed by atoms with van der Waals surface area (Å²) in [7, 11) is 0. The van der Waals surface area contributed by atoms with Gasteiger partial charge < -0.3 is 10.4 Å². The van der Waals surface area contributed by atoms with Crippen molar-refractivity contribution in [3.63, 3.8) is 0 Å². The molecular weight excluding hydrogens is 266 g/mol. The number of aliphatic carboxylic acids is 1. The molecule has 0 atom stereocenters. The topological polar surface area (TPSA) is 66.4 Å². The molecule has 2 aliphatic rings. The molecule has 2 rings (SSSR count). The normalized spacial score (nSPS) is 27.2. The number of rotatable bonds is 6. The van der Waals surface area contributed by atoms with Crippen molar-refractivity contribution in [3.8, 4) is 0 Å². The third kappa shape index (κ3) is 5.68. The van der Waals surface area contributed by atoms with E-state index in [2.05, 4.69) is 5.32 Å². The Hall–Kier alpha value is -1.06. The first kappa shape index (κ1) is 16.3. The number of hydrogen-bond donors (Lipinski definition) is 2. The van der Waals surface area contributed by atoms with Gasteiger partial charge in [0.2, 0.25) is 5.91 Å². The second kappa shape index (κ2) is 8.40. The molecule has 0 aromatic carbocycles. The largest absolute Gasteiger partial charge is 0.481 e. The van der Waals surface area contributed by atoms with Gasteiger partial charge in [-0.3, -0.25) is 9.59 Å². The van der Waals surface area contributed by atoms with Crippen molar-refractivity contribution in [2.75, 3.05) is 6.54 Å². The minimum Gasteiger partial charge on any atom is -0.481 e. The lowest BCUT2D eigenvalue weighted by Gasteiger charge is -2.26. The molecule has 0 spiro atoms. The van der Waals surface area contributed by atoms with E-state index in [9.17, 15) is 9.59 Å². The molecule has 0 bridgehead atoms. The molecule has 0 aromatic heterocycles. The number of carbonyl (C=O) groups excluding carboxylic acids is 1. The summed E-state index contributed by atoms with van der Waals surface area (Å²) >= 11 is 0. The number of carboxylic acids is 1. The Morgan fingerprint density at radius 1 is 0.905 bits per heavy atom. The number of amides is 1. The van der Waals surface area contributed by atoms with Crippen LogP contribution in [0.4, 0.5) is 0 Å². The first-order valence-corrected chi connectivity index (χ1v) is 8.64. The van der Waals surface area contributed by atoms with Gasteiger partial charge in [-0.15, -0.1) is 0 Å². The molecule has 4 heteroatoms. The molecule has 21 heavy (non-hydrogen) atoms. The van der Waals surface area contributed by atoms with Gasteiger partial charge in [0.1, 0.15) is 0 Å². The van der Waals surface area contributed by atoms with Crippen LogP contribution in [-0.4, -0.2) is 23.5 Å². The summed E-state index contributed by atoms with van der Waals surface area (Å²) in [6, 6.07) is 0. The van der Waals surface area contributed by atoms with Crippen molar-refractivity contribution in [2.45, 2.75) is 70.6 Å². The lowest BCUT2D eigenvalue weighted by Crippen LogP contribution is -2.32. The fourth-order valence-corrected chi connectivity index (χ4v) is 3.77. The highest BCUT2D eigenvalue weighted by Crippen LogP contribution is 2.29. The summed E-state index contributed by atoms with van der Waals surface area (Å²) in [5, 5.41) is 12.0. The summed E-state index contributed by atoms with van der Waals surface area (Å²) in [5.74, 6) is 0.587. The predicted octanol–water partition coefficient (Wildman–Crippen LogP) is 3.35. The van der Waals surface area contributed by atoms with Crippen LogP contribution in [0.1, 0.15) is 70.6 Å². The first-order valence-electron chi connectivity index (χ1n) is 8.64. The van der Waals surface area contributed by atoms with Gasteiger partial charge in [-0.05, 0) is 43.9 Å². The van der Waals surface area contributed by atoms with Crippen LogP contribution in [0.25, 0.3) is 0 Å². The number of carboxylic acid groups (broad SMARTS) is 1. The summed E-state index contributed by atoms with van der Waals surface area (Å²) in [6.07, 6.45) is 11.7. The van der Waals surface area contributed by atoms with Crippen molar-refractivity contribution in [2.24, 2.45) is 17.8 Å². The Labute approximate surface area is 127 Å². The highest BCUT2D eigenvalue weighted by atomic mass is 16.4. The quantitative estimate of drug-likeness (QED) is 0.789. The Balaban J connectivity index is 1.55. The predicted molar refractivity (Wildman–Crippen MR) is 81.9 cm³/mol. The van der Waals surface area contributed by atoms with E-state index in [1.807, 2.05) is 0 Å². The van der Waals surface area contributed by atoms with Crippen LogP contribution in [0.5, 0.6) is 0 Å². The van der Waals surface area contributed by atoms with Crippen molar-refractivity contribution in [1.82, 2.24) is 5.32 Å². The highest BCUT2D eigenvalue weighted by molar-refractivity contribution is 5.75. The molecule has 0 unspecified atom stereocenters. The Morgan fingerprint density at radius 3 is 2.19 bits per heavy atom. The molecular formula is C17H29NO3. The molecule has 2 N–H and O–H groups in total. The van der Waals surface area contributed by atoms with E-state index in [1.54, 1.807) is 0 Å². The van der Waals surface area contributed by atoms with Crippen LogP contribution in [0.3, 0.4) is 0 Å². The van der Waals surface area contributed by atoms with E-state index in [1.165, 1.54) is 32.1 Å². The van der Waals surface area contributed by atoms with E-state index >= 15 is 0 Å². The first-order chi connectivity index (χ1) is 10.1. The van der Waals surface area contributed by atoms with E-state index in [-0.39, 0.29) is 11.8 Å². The van der Waals surface area contributed by atoms with Gasteiger partial charge in [0.05, 0.1) is 5.92 Å². The zero-order chi connectivity index (χ0) is 15.1. The molecule has 120 valence electrons. The van der Waals surface area contributed by atoms with Gasteiger partial charge in [-0.25, -0.2) is 0 Å². The van der Waals surface area contributed by atoms with Crippen LogP contribution in [0, 0.1) is 17.8 Å². The third-order valence-corrected chi connectivity index (χ3v) is 5.29. The van der Waals surface area contributed by atoms with Crippen LogP contribution in [0.2, 0.25) is 0 Å². The molecule has 4 nitrogen and oxygen atoms in total. The SMILES string of the molecule is O=C(CCC1CCCCC1)NCC1CCC(C(=O)O)CC1. The maximum Gasteiger partial charge on any atom is 0.306 e. The van der Waals surface area contributed by atoms with Gasteiger partial charge in [0.15, 0.2) is 0 Å². The minimum absolute atomic E-state index is 0.164.